The number of nitrogens with one attached hydrogen (secondary N) is 1. The van der Waals surface area contributed by atoms with Crippen LogP contribution in [0.3, 0.4) is 0 Å². The minimum atomic E-state index is -0.561. The number of carbonyl (C=O) groups is 1. The van der Waals surface area contributed by atoms with E-state index in [-0.39, 0.29) is 29.7 Å². The van der Waals surface area contributed by atoms with Crippen LogP contribution in [0.1, 0.15) is 0 Å². The molecule has 2 aromatic carbocycles. The first-order valence-corrected chi connectivity index (χ1v) is 6.88. The van der Waals surface area contributed by atoms with E-state index < -0.39 is 4.92 Å². The predicted molar refractivity (Wildman–Crippen MR) is 85.2 cm³/mol. The number of methoxy groups -OCH3 is 1. The highest BCUT2D eigenvalue weighted by atomic mass is 35.5. The Morgan fingerprint density at radius 2 is 2.09 bits per heavy atom. The van der Waals surface area contributed by atoms with Crippen LogP contribution in [0.5, 0.6) is 11.5 Å². The first-order valence-electron chi connectivity index (χ1n) is 6.50. The highest BCUT2D eigenvalue weighted by molar-refractivity contribution is 6.30. The Morgan fingerprint density at radius 1 is 1.30 bits per heavy atom. The van der Waals surface area contributed by atoms with E-state index in [1.54, 1.807) is 24.3 Å². The largest absolute Gasteiger partial charge is 0.490 e. The minimum absolute atomic E-state index is 0.0581. The summed E-state index contributed by atoms with van der Waals surface area (Å²) in [6.45, 7) is -0.256. The molecule has 0 aromatic heterocycles. The summed E-state index contributed by atoms with van der Waals surface area (Å²) in [6.07, 6.45) is 0. The highest BCUT2D eigenvalue weighted by Crippen LogP contribution is 2.30. The minimum Gasteiger partial charge on any atom is -0.490 e. The number of nitro groups is 1. The number of nitrogens with zero attached hydrogens (tertiary/aromatic N) is 1. The molecule has 23 heavy (non-hydrogen) atoms. The number of benzene rings is 2. The molecule has 0 aliphatic rings. The van der Waals surface area contributed by atoms with Crippen molar-refractivity contribution in [2.24, 2.45) is 0 Å². The molecule has 0 aliphatic carbocycles. The van der Waals surface area contributed by atoms with Crippen molar-refractivity contribution < 1.29 is 19.2 Å². The van der Waals surface area contributed by atoms with Crippen LogP contribution in [0.2, 0.25) is 5.02 Å². The molecule has 0 atom stereocenters. The van der Waals surface area contributed by atoms with Gasteiger partial charge in [-0.3, -0.25) is 14.9 Å². The zero-order valence-electron chi connectivity index (χ0n) is 12.1. The van der Waals surface area contributed by atoms with Gasteiger partial charge in [0, 0.05) is 22.8 Å². The van der Waals surface area contributed by atoms with Crippen molar-refractivity contribution in [2.45, 2.75) is 0 Å². The fourth-order valence-electron chi connectivity index (χ4n) is 1.81. The van der Waals surface area contributed by atoms with Crippen molar-refractivity contribution in [3.05, 3.63) is 57.6 Å². The monoisotopic (exact) mass is 336 g/mol. The number of hydrogen-bond acceptors (Lipinski definition) is 5. The van der Waals surface area contributed by atoms with Gasteiger partial charge < -0.3 is 14.8 Å². The van der Waals surface area contributed by atoms with Gasteiger partial charge in [-0.2, -0.15) is 0 Å². The van der Waals surface area contributed by atoms with Gasteiger partial charge >= 0.3 is 5.69 Å². The van der Waals surface area contributed by atoms with E-state index in [0.717, 1.165) is 0 Å². The molecular weight excluding hydrogens is 324 g/mol. The molecule has 0 bridgehead atoms. The van der Waals surface area contributed by atoms with Crippen molar-refractivity contribution in [1.82, 2.24) is 0 Å². The topological polar surface area (TPSA) is 90.7 Å². The lowest BCUT2D eigenvalue weighted by atomic mass is 10.3. The maximum absolute atomic E-state index is 11.8. The molecule has 0 spiro atoms. The molecule has 0 unspecified atom stereocenters. The van der Waals surface area contributed by atoms with E-state index in [1.807, 2.05) is 0 Å². The highest BCUT2D eigenvalue weighted by Gasteiger charge is 2.15. The van der Waals surface area contributed by atoms with Gasteiger partial charge in [-0.25, -0.2) is 0 Å². The molecule has 1 N–H and O–H groups in total. The molecule has 7 nitrogen and oxygen atoms in total. The average Bonchev–Trinajstić information content (AvgIpc) is 2.52. The number of ether oxygens (including phenoxy) is 2. The van der Waals surface area contributed by atoms with Crippen LogP contribution in [-0.2, 0) is 4.79 Å². The van der Waals surface area contributed by atoms with E-state index in [1.165, 1.54) is 25.3 Å². The van der Waals surface area contributed by atoms with Gasteiger partial charge in [0.1, 0.15) is 5.75 Å². The fourth-order valence-corrected chi connectivity index (χ4v) is 2.00. The molecule has 8 heteroatoms. The van der Waals surface area contributed by atoms with Crippen molar-refractivity contribution >= 4 is 28.9 Å². The number of amides is 1. The van der Waals surface area contributed by atoms with Crippen LogP contribution in [0.15, 0.2) is 42.5 Å². The van der Waals surface area contributed by atoms with Gasteiger partial charge in [-0.05, 0) is 24.3 Å². The summed E-state index contributed by atoms with van der Waals surface area (Å²) in [5.74, 6) is -0.0407. The predicted octanol–water partition coefficient (Wildman–Crippen LogP) is 3.27. The third kappa shape index (κ3) is 4.58. The summed E-state index contributed by atoms with van der Waals surface area (Å²) < 4.78 is 10.2. The van der Waals surface area contributed by atoms with Gasteiger partial charge in [-0.15, -0.1) is 0 Å². The van der Waals surface area contributed by atoms with Gasteiger partial charge in [0.05, 0.1) is 12.0 Å². The molecule has 1 amide bonds. The van der Waals surface area contributed by atoms with E-state index >= 15 is 0 Å². The summed E-state index contributed by atoms with van der Waals surface area (Å²) in [4.78, 5) is 22.0. The van der Waals surface area contributed by atoms with Crippen molar-refractivity contribution in [1.29, 1.82) is 0 Å². The van der Waals surface area contributed by atoms with E-state index in [2.05, 4.69) is 5.32 Å². The summed E-state index contributed by atoms with van der Waals surface area (Å²) in [7, 11) is 1.32. The van der Waals surface area contributed by atoms with Crippen LogP contribution in [0, 0.1) is 10.1 Å². The van der Waals surface area contributed by atoms with Crippen LogP contribution >= 0.6 is 11.6 Å². The Balaban J connectivity index is 1.97. The third-order valence-corrected chi connectivity index (χ3v) is 3.06. The number of anilines is 1. The smallest absolute Gasteiger partial charge is 0.311 e. The standard InChI is InChI=1S/C15H13ClN2O5/c1-22-14-8-12(5-6-13(14)18(20)21)23-9-15(19)17-11-4-2-3-10(16)7-11/h2-8H,9H2,1H3,(H,17,19). The lowest BCUT2D eigenvalue weighted by molar-refractivity contribution is -0.385. The van der Waals surface area contributed by atoms with Crippen molar-refractivity contribution in [2.75, 3.05) is 19.0 Å². The first-order chi connectivity index (χ1) is 11.0. The van der Waals surface area contributed by atoms with Crippen LogP contribution < -0.4 is 14.8 Å². The second-order valence-corrected chi connectivity index (χ2v) is 4.87. The van der Waals surface area contributed by atoms with E-state index in [0.29, 0.717) is 10.7 Å². The Morgan fingerprint density at radius 3 is 2.74 bits per heavy atom. The Hall–Kier alpha value is -2.80. The molecule has 120 valence electrons. The zero-order chi connectivity index (χ0) is 16.8. The molecule has 0 heterocycles. The SMILES string of the molecule is COc1cc(OCC(=O)Nc2cccc(Cl)c2)ccc1[N+](=O)[O-]. The van der Waals surface area contributed by atoms with E-state index in [9.17, 15) is 14.9 Å². The third-order valence-electron chi connectivity index (χ3n) is 2.83. The zero-order valence-corrected chi connectivity index (χ0v) is 12.9. The molecule has 0 radical (unpaired) electrons. The molecule has 0 aliphatic heterocycles. The summed E-state index contributed by atoms with van der Waals surface area (Å²) in [5, 5.41) is 13.9. The number of carbonyl (C=O) groups excluding carboxylic acids is 1. The fraction of sp³-hybridized carbons (Fsp3) is 0.133. The van der Waals surface area contributed by atoms with Crippen LogP contribution in [-0.4, -0.2) is 24.5 Å². The molecule has 2 aromatic rings. The molecular formula is C15H13ClN2O5. The summed E-state index contributed by atoms with van der Waals surface area (Å²) in [5.41, 5.74) is 0.371. The quantitative estimate of drug-likeness (QED) is 0.645. The Bertz CT molecular complexity index is 736. The average molecular weight is 337 g/mol. The number of nitro benzene ring substituents is 1. The maximum atomic E-state index is 11.8. The normalized spacial score (nSPS) is 10.0. The lowest BCUT2D eigenvalue weighted by Gasteiger charge is -2.09. The molecule has 0 fully saturated rings. The molecule has 0 saturated carbocycles. The van der Waals surface area contributed by atoms with Gasteiger partial charge in [0.25, 0.3) is 5.91 Å². The van der Waals surface area contributed by atoms with Crippen molar-refractivity contribution in [3.63, 3.8) is 0 Å². The summed E-state index contributed by atoms with van der Waals surface area (Å²) in [6, 6.07) is 10.7. The van der Waals surface area contributed by atoms with Crippen molar-refractivity contribution in [3.8, 4) is 11.5 Å². The number of halogens is 1. The maximum Gasteiger partial charge on any atom is 0.311 e. The van der Waals surface area contributed by atoms with E-state index in [4.69, 9.17) is 21.1 Å². The van der Waals surface area contributed by atoms with Crippen LogP contribution in [0.4, 0.5) is 11.4 Å². The van der Waals surface area contributed by atoms with Gasteiger partial charge in [-0.1, -0.05) is 17.7 Å². The van der Waals surface area contributed by atoms with Crippen LogP contribution in [0.25, 0.3) is 0 Å². The van der Waals surface area contributed by atoms with Gasteiger partial charge in [0.2, 0.25) is 5.75 Å². The summed E-state index contributed by atoms with van der Waals surface area (Å²) >= 11 is 5.82. The molecule has 0 saturated heterocycles. The molecule has 2 rings (SSSR count). The van der Waals surface area contributed by atoms with Gasteiger partial charge in [0.15, 0.2) is 6.61 Å². The lowest BCUT2D eigenvalue weighted by Crippen LogP contribution is -2.20. The number of rotatable bonds is 6. The Kier molecular flexibility index (Phi) is 5.37. The second kappa shape index (κ2) is 7.46. The number of hydrogen-bond donors (Lipinski definition) is 1. The second-order valence-electron chi connectivity index (χ2n) is 4.44. The Labute approximate surface area is 136 Å². The first kappa shape index (κ1) is 16.6.